The summed E-state index contributed by atoms with van der Waals surface area (Å²) in [5, 5.41) is 48.1. The molecule has 0 bridgehead atoms. The number of phenolic OH excluding ortho intramolecular Hbond substituents is 1. The van der Waals surface area contributed by atoms with Crippen molar-refractivity contribution in [3.05, 3.63) is 64.4 Å². The zero-order valence-corrected chi connectivity index (χ0v) is 25.2. The highest BCUT2D eigenvalue weighted by Crippen LogP contribution is 2.55. The number of fused-ring (bicyclic) bond motifs is 3. The van der Waals surface area contributed by atoms with Crippen molar-refractivity contribution in [1.82, 2.24) is 4.90 Å². The molecule has 2 aromatic carbocycles. The minimum Gasteiger partial charge on any atom is -0.508 e. The lowest BCUT2D eigenvalue weighted by Crippen LogP contribution is -2.80. The molecule has 0 radical (unpaired) electrons. The fourth-order valence-electron chi connectivity index (χ4n) is 6.73. The average Bonchev–Trinajstić information content (AvgIpc) is 2.92. The number of nitrogens with one attached hydrogen (secondary N) is 1. The molecular formula is C30H33N5O8S. The number of thioether (sulfide) groups is 1. The van der Waals surface area contributed by atoms with Gasteiger partial charge >= 0.3 is 0 Å². The third kappa shape index (κ3) is 4.36. The van der Waals surface area contributed by atoms with Gasteiger partial charge in [0, 0.05) is 30.3 Å². The number of benzene rings is 2. The Morgan fingerprint density at radius 3 is 2.27 bits per heavy atom. The quantitative estimate of drug-likeness (QED) is 0.143. The molecule has 3 aliphatic carbocycles. The predicted molar refractivity (Wildman–Crippen MR) is 163 cm³/mol. The molecule has 2 aromatic rings. The van der Waals surface area contributed by atoms with Crippen LogP contribution in [0.4, 0.5) is 16.2 Å². The summed E-state index contributed by atoms with van der Waals surface area (Å²) < 4.78 is 0. The lowest BCUT2D eigenvalue weighted by atomic mass is 9.53. The summed E-state index contributed by atoms with van der Waals surface area (Å²) in [5.74, 6) is -6.94. The lowest BCUT2D eigenvalue weighted by Gasteiger charge is -2.56. The van der Waals surface area contributed by atoms with Crippen molar-refractivity contribution in [3.8, 4) is 5.75 Å². The van der Waals surface area contributed by atoms with E-state index >= 15 is 0 Å². The molecule has 14 heteroatoms. The first-order chi connectivity index (χ1) is 20.6. The second-order valence-electron chi connectivity index (χ2n) is 11.6. The number of carbonyl (C=O) groups is 4. The smallest absolute Gasteiger partial charge is 0.288 e. The van der Waals surface area contributed by atoms with Crippen molar-refractivity contribution in [2.24, 2.45) is 17.4 Å². The van der Waals surface area contributed by atoms with Crippen LogP contribution >= 0.6 is 11.8 Å². The summed E-state index contributed by atoms with van der Waals surface area (Å²) in [5.41, 5.74) is 6.36. The predicted octanol–water partition coefficient (Wildman–Crippen LogP) is 1.44. The summed E-state index contributed by atoms with van der Waals surface area (Å²) in [6.45, 7) is 0. The SMILES string of the molecule is CN(C)c1cc(NC(=O)Sc2ccccc2)c(O)c2c1C[C@H]1C[C@@]3(N)[C@H](N(C)C)C(=O)C(C(N)=O)=C(O)[C@@]3(O)C(=O)C1=C2O. The van der Waals surface area contributed by atoms with E-state index in [1.165, 1.54) is 25.1 Å². The third-order valence-corrected chi connectivity index (χ3v) is 9.36. The standard InChI is InChI=1S/C30H33N5O8S/c1-34(2)17-11-16(33-28(42)44-14-8-6-5-7-9-14)21(36)19-15(17)10-13-12-29(32)24(35(3)4)23(38)20(27(31)41)26(40)30(29,43)25(39)18(13)22(19)37/h5-9,11,13,24,36-37,40,43H,10,12,32H2,1-4H3,(H2,31,41)(H,33,42)/t13-,24+,29+,30-/m0/s1. The largest absolute Gasteiger partial charge is 0.508 e. The van der Waals surface area contributed by atoms with Crippen molar-refractivity contribution in [2.45, 2.75) is 34.9 Å². The topological polar surface area (TPSA) is 220 Å². The molecule has 1 fully saturated rings. The van der Waals surface area contributed by atoms with Crippen LogP contribution in [0.3, 0.4) is 0 Å². The first-order valence-electron chi connectivity index (χ1n) is 13.6. The maximum atomic E-state index is 14.2. The van der Waals surface area contributed by atoms with Crippen LogP contribution in [0.1, 0.15) is 17.5 Å². The minimum atomic E-state index is -3.02. The Morgan fingerprint density at radius 2 is 1.70 bits per heavy atom. The number of Topliss-reactive ketones (excluding diaryl/α,β-unsaturated/α-hetero) is 2. The van der Waals surface area contributed by atoms with E-state index in [9.17, 15) is 39.6 Å². The number of likely N-dealkylation sites (N-methyl/N-ethyl adjacent to an activating group) is 1. The number of rotatable bonds is 5. The summed E-state index contributed by atoms with van der Waals surface area (Å²) in [6, 6.07) is 8.91. The van der Waals surface area contributed by atoms with Crippen molar-refractivity contribution in [3.63, 3.8) is 0 Å². The average molecular weight is 624 g/mol. The number of amides is 2. The Kier molecular flexibility index (Phi) is 7.53. The highest BCUT2D eigenvalue weighted by molar-refractivity contribution is 8.13. The number of hydrogen-bond acceptors (Lipinski definition) is 12. The van der Waals surface area contributed by atoms with Crippen LogP contribution in [0.5, 0.6) is 5.75 Å². The van der Waals surface area contributed by atoms with Gasteiger partial charge in [0.1, 0.15) is 11.3 Å². The number of carbonyl (C=O) groups excluding carboxylic acids is 4. The highest BCUT2D eigenvalue weighted by Gasteiger charge is 2.71. The van der Waals surface area contributed by atoms with E-state index in [1.807, 2.05) is 0 Å². The Balaban J connectivity index is 1.68. The molecule has 5 rings (SSSR count). The molecule has 232 valence electrons. The molecule has 2 amide bonds. The van der Waals surface area contributed by atoms with Crippen LogP contribution in [0, 0.1) is 5.92 Å². The van der Waals surface area contributed by atoms with Crippen LogP contribution in [-0.2, 0) is 20.8 Å². The van der Waals surface area contributed by atoms with E-state index in [1.54, 1.807) is 49.3 Å². The van der Waals surface area contributed by atoms with Crippen LogP contribution in [0.15, 0.2) is 58.2 Å². The van der Waals surface area contributed by atoms with Gasteiger partial charge in [-0.1, -0.05) is 18.2 Å². The minimum absolute atomic E-state index is 0.0328. The monoisotopic (exact) mass is 623 g/mol. The first kappa shape index (κ1) is 31.1. The lowest BCUT2D eigenvalue weighted by molar-refractivity contribution is -0.157. The van der Waals surface area contributed by atoms with Crippen molar-refractivity contribution >= 4 is 51.6 Å². The fraction of sp³-hybridized carbons (Fsp3) is 0.333. The Hall–Kier alpha value is -4.37. The zero-order valence-electron chi connectivity index (χ0n) is 24.4. The highest BCUT2D eigenvalue weighted by atomic mass is 32.2. The van der Waals surface area contributed by atoms with Crippen molar-refractivity contribution in [2.75, 3.05) is 38.4 Å². The van der Waals surface area contributed by atoms with Gasteiger partial charge in [-0.3, -0.25) is 24.1 Å². The van der Waals surface area contributed by atoms with Gasteiger partial charge in [0.15, 0.2) is 17.3 Å². The maximum Gasteiger partial charge on any atom is 0.288 e. The molecule has 0 heterocycles. The summed E-state index contributed by atoms with van der Waals surface area (Å²) in [4.78, 5) is 56.4. The van der Waals surface area contributed by atoms with Gasteiger partial charge in [-0.05, 0) is 68.4 Å². The number of aliphatic hydroxyl groups is 3. The number of nitrogens with two attached hydrogens (primary N) is 2. The van der Waals surface area contributed by atoms with Crippen LogP contribution < -0.4 is 21.7 Å². The molecule has 0 aromatic heterocycles. The molecule has 3 aliphatic rings. The van der Waals surface area contributed by atoms with E-state index in [0.717, 1.165) is 11.8 Å². The molecule has 1 saturated carbocycles. The van der Waals surface area contributed by atoms with Crippen molar-refractivity contribution in [1.29, 1.82) is 0 Å². The fourth-order valence-corrected chi connectivity index (χ4v) is 7.40. The maximum absolute atomic E-state index is 14.2. The molecule has 0 unspecified atom stereocenters. The first-order valence-corrected chi connectivity index (χ1v) is 14.4. The van der Waals surface area contributed by atoms with Crippen LogP contribution in [-0.4, -0.2) is 93.4 Å². The number of anilines is 2. The van der Waals surface area contributed by atoms with E-state index in [4.69, 9.17) is 11.5 Å². The van der Waals surface area contributed by atoms with Crippen LogP contribution in [0.25, 0.3) is 5.76 Å². The van der Waals surface area contributed by atoms with E-state index in [2.05, 4.69) is 5.32 Å². The van der Waals surface area contributed by atoms with Gasteiger partial charge in [0.25, 0.3) is 11.1 Å². The molecular weight excluding hydrogens is 590 g/mol. The number of phenols is 1. The Morgan fingerprint density at radius 1 is 1.07 bits per heavy atom. The number of hydrogen-bond donors (Lipinski definition) is 7. The number of aliphatic hydroxyl groups excluding tert-OH is 2. The summed E-state index contributed by atoms with van der Waals surface area (Å²) in [7, 11) is 6.38. The second-order valence-corrected chi connectivity index (χ2v) is 12.7. The molecule has 13 nitrogen and oxygen atoms in total. The number of nitrogens with zero attached hydrogens (tertiary/aromatic N) is 2. The molecule has 0 spiro atoms. The Labute approximate surface area is 256 Å². The summed E-state index contributed by atoms with van der Waals surface area (Å²) in [6.07, 6.45) is -0.246. The van der Waals surface area contributed by atoms with Gasteiger partial charge < -0.3 is 42.1 Å². The van der Waals surface area contributed by atoms with E-state index in [-0.39, 0.29) is 29.7 Å². The van der Waals surface area contributed by atoms with Gasteiger partial charge in [-0.2, -0.15) is 0 Å². The summed E-state index contributed by atoms with van der Waals surface area (Å²) >= 11 is 0.882. The van der Waals surface area contributed by atoms with Gasteiger partial charge in [-0.25, -0.2) is 0 Å². The molecule has 4 atom stereocenters. The van der Waals surface area contributed by atoms with E-state index in [0.29, 0.717) is 16.1 Å². The van der Waals surface area contributed by atoms with Gasteiger partial charge in [-0.15, -0.1) is 0 Å². The van der Waals surface area contributed by atoms with Crippen molar-refractivity contribution < 1.29 is 39.6 Å². The molecule has 0 aliphatic heterocycles. The van der Waals surface area contributed by atoms with Crippen LogP contribution in [0.2, 0.25) is 0 Å². The van der Waals surface area contributed by atoms with E-state index < -0.39 is 68.7 Å². The number of aromatic hydroxyl groups is 1. The third-order valence-electron chi connectivity index (χ3n) is 8.56. The molecule has 9 N–H and O–H groups in total. The van der Waals surface area contributed by atoms with Gasteiger partial charge in [0.05, 0.1) is 22.8 Å². The molecule has 0 saturated heterocycles. The molecule has 44 heavy (non-hydrogen) atoms. The zero-order chi connectivity index (χ0) is 32.5. The Bertz CT molecular complexity index is 1690. The number of ketones is 2. The number of primary amides is 1. The van der Waals surface area contributed by atoms with Gasteiger partial charge in [0.2, 0.25) is 11.4 Å². The normalized spacial score (nSPS) is 26.2. The second kappa shape index (κ2) is 10.7.